The van der Waals surface area contributed by atoms with Crippen LogP contribution in [0.2, 0.25) is 0 Å². The molecule has 1 aromatic heterocycles. The first-order valence-electron chi connectivity index (χ1n) is 8.93. The van der Waals surface area contributed by atoms with Gasteiger partial charge in [-0.15, -0.1) is 0 Å². The molecule has 2 aromatic carbocycles. The number of nitrogens with one attached hydrogen (secondary N) is 1. The zero-order valence-electron chi connectivity index (χ0n) is 15.6. The van der Waals surface area contributed by atoms with E-state index in [1.54, 1.807) is 37.6 Å². The van der Waals surface area contributed by atoms with E-state index >= 15 is 0 Å². The highest BCUT2D eigenvalue weighted by Gasteiger charge is 2.54. The van der Waals surface area contributed by atoms with Crippen LogP contribution in [-0.4, -0.2) is 26.4 Å². The first kappa shape index (κ1) is 18.4. The molecule has 0 unspecified atom stereocenters. The Labute approximate surface area is 163 Å². The second-order valence-electron chi connectivity index (χ2n) is 7.05. The van der Waals surface area contributed by atoms with E-state index in [-0.39, 0.29) is 4.90 Å². The van der Waals surface area contributed by atoms with Crippen molar-refractivity contribution < 1.29 is 17.9 Å². The lowest BCUT2D eigenvalue weighted by molar-refractivity contribution is -0.121. The van der Waals surface area contributed by atoms with Gasteiger partial charge in [-0.1, -0.05) is 18.2 Å². The van der Waals surface area contributed by atoms with Crippen LogP contribution in [0.1, 0.15) is 24.0 Å². The molecule has 1 heterocycles. The summed E-state index contributed by atoms with van der Waals surface area (Å²) in [7, 11) is -2.50. The number of fused-ring (bicyclic) bond motifs is 1. The fourth-order valence-corrected chi connectivity index (χ4v) is 4.79. The zero-order valence-corrected chi connectivity index (χ0v) is 16.4. The number of pyridine rings is 1. The van der Waals surface area contributed by atoms with Gasteiger partial charge in [0.15, 0.2) is 0 Å². The summed E-state index contributed by atoms with van der Waals surface area (Å²) in [5.74, 6) is 0.0648. The maximum atomic E-state index is 13.0. The molecule has 1 aliphatic rings. The molecule has 0 aliphatic heterocycles. The van der Waals surface area contributed by atoms with Crippen molar-refractivity contribution >= 4 is 26.8 Å². The van der Waals surface area contributed by atoms with Crippen molar-refractivity contribution in [1.82, 2.24) is 9.71 Å². The lowest BCUT2D eigenvalue weighted by Crippen LogP contribution is -2.39. The minimum atomic E-state index is -4.05. The van der Waals surface area contributed by atoms with Gasteiger partial charge in [0.25, 0.3) is 10.0 Å². The molecular weight excluding hydrogens is 376 g/mol. The molecule has 0 spiro atoms. The number of sulfonamides is 1. The quantitative estimate of drug-likeness (QED) is 0.716. The van der Waals surface area contributed by atoms with Crippen LogP contribution < -0.4 is 9.46 Å². The first-order chi connectivity index (χ1) is 13.4. The SMILES string of the molecule is COc1cc(C)ccc1C1(C(=O)NS(=O)(=O)c2cccc3ncccc23)CC1. The number of nitrogens with zero attached hydrogens (tertiary/aromatic N) is 1. The van der Waals surface area contributed by atoms with E-state index in [1.807, 2.05) is 25.1 Å². The Morgan fingerprint density at radius 3 is 2.64 bits per heavy atom. The van der Waals surface area contributed by atoms with Crippen LogP contribution in [-0.2, 0) is 20.2 Å². The molecule has 1 N–H and O–H groups in total. The summed E-state index contributed by atoms with van der Waals surface area (Å²) in [5.41, 5.74) is 1.40. The highest BCUT2D eigenvalue weighted by atomic mass is 32.2. The van der Waals surface area contributed by atoms with Crippen molar-refractivity contribution in [1.29, 1.82) is 0 Å². The van der Waals surface area contributed by atoms with Gasteiger partial charge in [-0.2, -0.15) is 0 Å². The number of benzene rings is 2. The van der Waals surface area contributed by atoms with E-state index < -0.39 is 21.3 Å². The monoisotopic (exact) mass is 396 g/mol. The summed E-state index contributed by atoms with van der Waals surface area (Å²) in [6, 6.07) is 13.8. The van der Waals surface area contributed by atoms with Gasteiger partial charge in [0, 0.05) is 17.1 Å². The normalized spacial score (nSPS) is 15.2. The van der Waals surface area contributed by atoms with Gasteiger partial charge < -0.3 is 4.74 Å². The van der Waals surface area contributed by atoms with E-state index in [0.717, 1.165) is 5.56 Å². The Morgan fingerprint density at radius 1 is 1.14 bits per heavy atom. The molecule has 7 heteroatoms. The third-order valence-corrected chi connectivity index (χ3v) is 6.57. The van der Waals surface area contributed by atoms with Gasteiger partial charge in [0.1, 0.15) is 5.75 Å². The van der Waals surface area contributed by atoms with Crippen LogP contribution >= 0.6 is 0 Å². The van der Waals surface area contributed by atoms with Gasteiger partial charge in [-0.05, 0) is 55.7 Å². The van der Waals surface area contributed by atoms with Crippen LogP contribution in [0.5, 0.6) is 5.75 Å². The van der Waals surface area contributed by atoms with E-state index in [1.165, 1.54) is 6.07 Å². The lowest BCUT2D eigenvalue weighted by Gasteiger charge is -2.19. The average Bonchev–Trinajstić information content (AvgIpc) is 3.49. The van der Waals surface area contributed by atoms with Gasteiger partial charge in [0.2, 0.25) is 5.91 Å². The predicted molar refractivity (Wildman–Crippen MR) is 106 cm³/mol. The molecule has 0 bridgehead atoms. The van der Waals surface area contributed by atoms with Crippen molar-refractivity contribution in [2.75, 3.05) is 7.11 Å². The van der Waals surface area contributed by atoms with E-state index in [4.69, 9.17) is 4.74 Å². The maximum Gasteiger partial charge on any atom is 0.264 e. The van der Waals surface area contributed by atoms with Crippen molar-refractivity contribution in [3.8, 4) is 5.75 Å². The standard InChI is InChI=1S/C21H20N2O4S/c1-14-8-9-16(18(13-14)27-2)21(10-11-21)20(24)23-28(25,26)19-7-3-6-17-15(19)5-4-12-22-17/h3-9,12-13H,10-11H2,1-2H3,(H,23,24). The minimum Gasteiger partial charge on any atom is -0.496 e. The van der Waals surface area contributed by atoms with Crippen molar-refractivity contribution in [3.63, 3.8) is 0 Å². The van der Waals surface area contributed by atoms with E-state index in [9.17, 15) is 13.2 Å². The summed E-state index contributed by atoms with van der Waals surface area (Å²) < 4.78 is 33.7. The number of hydrogen-bond donors (Lipinski definition) is 1. The summed E-state index contributed by atoms with van der Waals surface area (Å²) >= 11 is 0. The molecule has 4 rings (SSSR count). The lowest BCUT2D eigenvalue weighted by atomic mass is 9.93. The second kappa shape index (κ2) is 6.60. The molecule has 0 atom stereocenters. The topological polar surface area (TPSA) is 85.4 Å². The molecular formula is C21H20N2O4S. The van der Waals surface area contributed by atoms with Gasteiger partial charge >= 0.3 is 0 Å². The maximum absolute atomic E-state index is 13.0. The van der Waals surface area contributed by atoms with E-state index in [0.29, 0.717) is 35.1 Å². The highest BCUT2D eigenvalue weighted by molar-refractivity contribution is 7.90. The van der Waals surface area contributed by atoms with Crippen LogP contribution in [0.4, 0.5) is 0 Å². The number of carbonyl (C=O) groups excluding carboxylic acids is 1. The summed E-state index contributed by atoms with van der Waals surface area (Å²) in [6.45, 7) is 1.94. The molecule has 1 aliphatic carbocycles. The molecule has 0 radical (unpaired) electrons. The largest absolute Gasteiger partial charge is 0.496 e. The molecule has 0 saturated heterocycles. The zero-order chi connectivity index (χ0) is 19.9. The van der Waals surface area contributed by atoms with Gasteiger partial charge in [-0.25, -0.2) is 13.1 Å². The molecule has 1 saturated carbocycles. The number of carbonyl (C=O) groups is 1. The van der Waals surface area contributed by atoms with Gasteiger partial charge in [-0.3, -0.25) is 9.78 Å². The number of ether oxygens (including phenoxy) is 1. The fourth-order valence-electron chi connectivity index (χ4n) is 3.52. The smallest absolute Gasteiger partial charge is 0.264 e. The predicted octanol–water partition coefficient (Wildman–Crippen LogP) is 3.09. The number of hydrogen-bond acceptors (Lipinski definition) is 5. The number of methoxy groups -OCH3 is 1. The first-order valence-corrected chi connectivity index (χ1v) is 10.4. The van der Waals surface area contributed by atoms with E-state index in [2.05, 4.69) is 9.71 Å². The molecule has 1 amide bonds. The fraction of sp³-hybridized carbons (Fsp3) is 0.238. The second-order valence-corrected chi connectivity index (χ2v) is 8.70. The Kier molecular flexibility index (Phi) is 4.34. The third kappa shape index (κ3) is 3.01. The van der Waals surface area contributed by atoms with Crippen LogP contribution in [0.3, 0.4) is 0 Å². The van der Waals surface area contributed by atoms with Crippen LogP contribution in [0, 0.1) is 6.92 Å². The Balaban J connectivity index is 1.70. The number of aromatic nitrogens is 1. The molecule has 144 valence electrons. The van der Waals surface area contributed by atoms with Crippen LogP contribution in [0.15, 0.2) is 59.6 Å². The van der Waals surface area contributed by atoms with Crippen LogP contribution in [0.25, 0.3) is 10.9 Å². The van der Waals surface area contributed by atoms with Crippen molar-refractivity contribution in [2.45, 2.75) is 30.1 Å². The molecule has 3 aromatic rings. The summed E-state index contributed by atoms with van der Waals surface area (Å²) in [4.78, 5) is 17.3. The number of amides is 1. The Morgan fingerprint density at radius 2 is 1.93 bits per heavy atom. The molecule has 28 heavy (non-hydrogen) atoms. The summed E-state index contributed by atoms with van der Waals surface area (Å²) in [6.07, 6.45) is 2.75. The Hall–Kier alpha value is -2.93. The molecule has 6 nitrogen and oxygen atoms in total. The number of rotatable bonds is 5. The minimum absolute atomic E-state index is 0.0399. The Bertz CT molecular complexity index is 1180. The summed E-state index contributed by atoms with van der Waals surface area (Å²) in [5, 5.41) is 0.475. The highest BCUT2D eigenvalue weighted by Crippen LogP contribution is 2.51. The average molecular weight is 396 g/mol. The van der Waals surface area contributed by atoms with Crippen molar-refractivity contribution in [2.24, 2.45) is 0 Å². The van der Waals surface area contributed by atoms with Crippen molar-refractivity contribution in [3.05, 3.63) is 65.9 Å². The van der Waals surface area contributed by atoms with Gasteiger partial charge in [0.05, 0.1) is 22.9 Å². The number of aryl methyl sites for hydroxylation is 1. The third-order valence-electron chi connectivity index (χ3n) is 5.18. The molecule has 1 fully saturated rings.